The van der Waals surface area contributed by atoms with E-state index in [-0.39, 0.29) is 23.4 Å². The van der Waals surface area contributed by atoms with Gasteiger partial charge in [0.15, 0.2) is 12.6 Å². The Bertz CT molecular complexity index is 1690. The van der Waals surface area contributed by atoms with Crippen molar-refractivity contribution < 1.29 is 28.4 Å². The summed E-state index contributed by atoms with van der Waals surface area (Å²) in [7, 11) is 0. The van der Waals surface area contributed by atoms with Crippen LogP contribution in [0.2, 0.25) is 0 Å². The van der Waals surface area contributed by atoms with Crippen molar-refractivity contribution in [2.24, 2.45) is 0 Å². The van der Waals surface area contributed by atoms with Crippen molar-refractivity contribution in [2.45, 2.75) is 124 Å². The van der Waals surface area contributed by atoms with Gasteiger partial charge in [-0.3, -0.25) is 0 Å². The monoisotopic (exact) mass is 720 g/mol. The number of hydrogen-bond donors (Lipinski definition) is 0. The SMILES string of the molecule is Cc1cc(-c2ccccc2OCCCOc2ccccc2-c2cc(C)cc(C(C)(C)C)c2OC2CCCCO2)c(OC2CCCCO2)c(C(C)(C)C)c1. The molecule has 0 bridgehead atoms. The van der Waals surface area contributed by atoms with Crippen LogP contribution in [0.4, 0.5) is 0 Å². The quantitative estimate of drug-likeness (QED) is 0.136. The molecule has 0 amide bonds. The van der Waals surface area contributed by atoms with Crippen molar-refractivity contribution in [3.63, 3.8) is 0 Å². The number of para-hydroxylation sites is 2. The van der Waals surface area contributed by atoms with Crippen LogP contribution in [0, 0.1) is 13.8 Å². The van der Waals surface area contributed by atoms with Crippen molar-refractivity contribution in [3.8, 4) is 45.3 Å². The van der Waals surface area contributed by atoms with Gasteiger partial charge >= 0.3 is 0 Å². The highest BCUT2D eigenvalue weighted by atomic mass is 16.7. The Morgan fingerprint density at radius 1 is 0.547 bits per heavy atom. The maximum atomic E-state index is 6.72. The third-order valence-corrected chi connectivity index (χ3v) is 10.0. The average molecular weight is 721 g/mol. The van der Waals surface area contributed by atoms with E-state index in [1.807, 2.05) is 24.3 Å². The topological polar surface area (TPSA) is 55.4 Å². The lowest BCUT2D eigenvalue weighted by atomic mass is 9.83. The zero-order valence-corrected chi connectivity index (χ0v) is 33.3. The molecule has 4 aromatic rings. The van der Waals surface area contributed by atoms with Gasteiger partial charge in [-0.2, -0.15) is 0 Å². The minimum atomic E-state index is -0.248. The van der Waals surface area contributed by atoms with Crippen molar-refractivity contribution in [2.75, 3.05) is 26.4 Å². The Labute approximate surface area is 318 Å². The molecule has 2 atom stereocenters. The molecule has 6 nitrogen and oxygen atoms in total. The smallest absolute Gasteiger partial charge is 0.199 e. The lowest BCUT2D eigenvalue weighted by molar-refractivity contribution is -0.106. The molecule has 6 rings (SSSR count). The third-order valence-electron chi connectivity index (χ3n) is 10.0. The van der Waals surface area contributed by atoms with Crippen LogP contribution in [0.5, 0.6) is 23.0 Å². The van der Waals surface area contributed by atoms with E-state index in [0.29, 0.717) is 19.6 Å². The zero-order chi connectivity index (χ0) is 37.6. The second-order valence-corrected chi connectivity index (χ2v) is 16.7. The van der Waals surface area contributed by atoms with E-state index in [1.54, 1.807) is 0 Å². The first-order valence-corrected chi connectivity index (χ1v) is 19.7. The molecule has 2 saturated heterocycles. The van der Waals surface area contributed by atoms with Crippen molar-refractivity contribution >= 4 is 0 Å². The van der Waals surface area contributed by atoms with Crippen LogP contribution < -0.4 is 18.9 Å². The lowest BCUT2D eigenvalue weighted by Crippen LogP contribution is -2.27. The van der Waals surface area contributed by atoms with Gasteiger partial charge in [0.05, 0.1) is 26.4 Å². The highest BCUT2D eigenvalue weighted by Gasteiger charge is 2.29. The van der Waals surface area contributed by atoms with Gasteiger partial charge in [-0.25, -0.2) is 0 Å². The Kier molecular flexibility index (Phi) is 12.4. The molecule has 2 unspecified atom stereocenters. The van der Waals surface area contributed by atoms with E-state index in [4.69, 9.17) is 28.4 Å². The summed E-state index contributed by atoms with van der Waals surface area (Å²) in [4.78, 5) is 0. The molecule has 53 heavy (non-hydrogen) atoms. The molecule has 0 N–H and O–H groups in total. The second kappa shape index (κ2) is 17.0. The number of rotatable bonds is 12. The number of aryl methyl sites for hydroxylation is 2. The Hall–Kier alpha value is -4.00. The molecule has 2 aliphatic rings. The van der Waals surface area contributed by atoms with Gasteiger partial charge in [0, 0.05) is 52.6 Å². The van der Waals surface area contributed by atoms with E-state index in [2.05, 4.69) is 104 Å². The standard InChI is InChI=1S/C47H60O6/c1-32-28-36(44(38(30-32)46(3,4)5)52-42-22-13-15-24-50-42)34-18-9-11-20-40(34)48-26-17-27-49-41-21-12-10-19-35(41)37-29-33(2)31-39(47(6,7)8)45(37)53-43-23-14-16-25-51-43/h9-12,18-21,28-31,42-43H,13-17,22-27H2,1-8H3. The van der Waals surface area contributed by atoms with Gasteiger partial charge in [0.1, 0.15) is 23.0 Å². The molecule has 0 saturated carbocycles. The largest absolute Gasteiger partial charge is 0.493 e. The average Bonchev–Trinajstić information content (AvgIpc) is 3.13. The summed E-state index contributed by atoms with van der Waals surface area (Å²) >= 11 is 0. The van der Waals surface area contributed by atoms with Gasteiger partial charge in [0.25, 0.3) is 0 Å². The summed E-state index contributed by atoms with van der Waals surface area (Å²) in [5, 5.41) is 0. The fraction of sp³-hybridized carbons (Fsp3) is 0.489. The molecule has 0 spiro atoms. The number of ether oxygens (including phenoxy) is 6. The van der Waals surface area contributed by atoms with Crippen LogP contribution in [-0.2, 0) is 20.3 Å². The molecular formula is C47H60O6. The first-order valence-electron chi connectivity index (χ1n) is 19.7. The fourth-order valence-electron chi connectivity index (χ4n) is 7.24. The van der Waals surface area contributed by atoms with Gasteiger partial charge < -0.3 is 28.4 Å². The summed E-state index contributed by atoms with van der Waals surface area (Å²) in [5.41, 5.74) is 8.60. The fourth-order valence-corrected chi connectivity index (χ4v) is 7.24. The van der Waals surface area contributed by atoms with Gasteiger partial charge in [0.2, 0.25) is 0 Å². The van der Waals surface area contributed by atoms with Crippen molar-refractivity contribution in [1.29, 1.82) is 0 Å². The van der Waals surface area contributed by atoms with E-state index in [1.165, 1.54) is 22.3 Å². The maximum absolute atomic E-state index is 6.72. The van der Waals surface area contributed by atoms with Gasteiger partial charge in [-0.15, -0.1) is 0 Å². The highest BCUT2D eigenvalue weighted by Crippen LogP contribution is 2.46. The highest BCUT2D eigenvalue weighted by molar-refractivity contribution is 5.79. The summed E-state index contributed by atoms with van der Waals surface area (Å²) in [6.07, 6.45) is 6.37. The van der Waals surface area contributed by atoms with Crippen molar-refractivity contribution in [1.82, 2.24) is 0 Å². The predicted molar refractivity (Wildman–Crippen MR) is 215 cm³/mol. The summed E-state index contributed by atoms with van der Waals surface area (Å²) < 4.78 is 38.6. The molecule has 0 aliphatic carbocycles. The number of benzene rings is 4. The van der Waals surface area contributed by atoms with Crippen LogP contribution >= 0.6 is 0 Å². The molecular weight excluding hydrogens is 661 g/mol. The molecule has 0 aromatic heterocycles. The third kappa shape index (κ3) is 9.76. The van der Waals surface area contributed by atoms with Crippen LogP contribution in [0.15, 0.2) is 72.8 Å². The van der Waals surface area contributed by atoms with Gasteiger partial charge in [-0.05, 0) is 85.8 Å². The molecule has 284 valence electrons. The van der Waals surface area contributed by atoms with Crippen LogP contribution in [0.25, 0.3) is 22.3 Å². The number of hydrogen-bond acceptors (Lipinski definition) is 6. The van der Waals surface area contributed by atoms with E-state index < -0.39 is 0 Å². The lowest BCUT2D eigenvalue weighted by Gasteiger charge is -2.30. The minimum absolute atomic E-state index is 0.114. The van der Waals surface area contributed by atoms with Crippen LogP contribution in [-0.4, -0.2) is 39.0 Å². The Balaban J connectivity index is 1.20. The summed E-state index contributed by atoms with van der Waals surface area (Å²) in [6.45, 7) is 20.2. The van der Waals surface area contributed by atoms with Crippen LogP contribution in [0.1, 0.15) is 109 Å². The Morgan fingerprint density at radius 2 is 0.962 bits per heavy atom. The Morgan fingerprint density at radius 3 is 1.34 bits per heavy atom. The zero-order valence-electron chi connectivity index (χ0n) is 33.3. The summed E-state index contributed by atoms with van der Waals surface area (Å²) in [5.74, 6) is 3.42. The first kappa shape index (κ1) is 38.7. The molecule has 6 heteroatoms. The minimum Gasteiger partial charge on any atom is -0.493 e. The second-order valence-electron chi connectivity index (χ2n) is 16.7. The molecule has 2 aliphatic heterocycles. The normalized spacial score (nSPS) is 18.0. The first-order chi connectivity index (χ1) is 25.4. The maximum Gasteiger partial charge on any atom is 0.199 e. The van der Waals surface area contributed by atoms with Gasteiger partial charge in [-0.1, -0.05) is 90.1 Å². The predicted octanol–water partition coefficient (Wildman–Crippen LogP) is 11.9. The van der Waals surface area contributed by atoms with E-state index >= 15 is 0 Å². The van der Waals surface area contributed by atoms with E-state index in [0.717, 1.165) is 97.0 Å². The summed E-state index contributed by atoms with van der Waals surface area (Å²) in [6, 6.07) is 25.5. The molecule has 2 heterocycles. The van der Waals surface area contributed by atoms with Crippen molar-refractivity contribution in [3.05, 3.63) is 95.1 Å². The van der Waals surface area contributed by atoms with E-state index in [9.17, 15) is 0 Å². The molecule has 2 fully saturated rings. The van der Waals surface area contributed by atoms with Crippen LogP contribution in [0.3, 0.4) is 0 Å². The molecule has 4 aromatic carbocycles. The molecule has 0 radical (unpaired) electrons.